The summed E-state index contributed by atoms with van der Waals surface area (Å²) in [5.74, 6) is 0.102. The van der Waals surface area contributed by atoms with Gasteiger partial charge in [-0.2, -0.15) is 0 Å². The summed E-state index contributed by atoms with van der Waals surface area (Å²) in [5, 5.41) is 3.02. The van der Waals surface area contributed by atoms with Gasteiger partial charge in [0.1, 0.15) is 0 Å². The second kappa shape index (κ2) is 8.51. The number of hydrogen-bond acceptors (Lipinski definition) is 3. The third-order valence-corrected chi connectivity index (χ3v) is 5.14. The second-order valence-electron chi connectivity index (χ2n) is 6.56. The van der Waals surface area contributed by atoms with Gasteiger partial charge in [0.05, 0.1) is 5.92 Å². The van der Waals surface area contributed by atoms with Crippen molar-refractivity contribution in [1.82, 2.24) is 15.1 Å². The highest BCUT2D eigenvalue weighted by atomic mass is 16.2. The van der Waals surface area contributed by atoms with Gasteiger partial charge in [0.2, 0.25) is 11.8 Å². The van der Waals surface area contributed by atoms with Gasteiger partial charge in [0.25, 0.3) is 0 Å². The van der Waals surface area contributed by atoms with Crippen LogP contribution >= 0.6 is 0 Å². The first kappa shape index (κ1) is 17.3. The Kier molecular flexibility index (Phi) is 6.68. The van der Waals surface area contributed by atoms with Crippen molar-refractivity contribution in [3.8, 4) is 0 Å². The van der Waals surface area contributed by atoms with Gasteiger partial charge in [-0.15, -0.1) is 0 Å². The van der Waals surface area contributed by atoms with Gasteiger partial charge in [-0.25, -0.2) is 0 Å². The topological polar surface area (TPSA) is 52.7 Å². The minimum absolute atomic E-state index is 0.0633. The molecule has 0 bridgehead atoms. The van der Waals surface area contributed by atoms with Crippen LogP contribution in [0.2, 0.25) is 0 Å². The van der Waals surface area contributed by atoms with Crippen molar-refractivity contribution in [2.75, 3.05) is 32.7 Å². The maximum absolute atomic E-state index is 12.2. The maximum Gasteiger partial charge on any atom is 0.225 e. The van der Waals surface area contributed by atoms with E-state index in [1.807, 2.05) is 4.90 Å². The van der Waals surface area contributed by atoms with Crippen molar-refractivity contribution >= 4 is 11.8 Å². The Morgan fingerprint density at radius 2 is 1.95 bits per heavy atom. The van der Waals surface area contributed by atoms with Crippen LogP contribution in [-0.2, 0) is 9.59 Å². The average molecular weight is 309 g/mol. The molecule has 2 rings (SSSR count). The molecule has 1 saturated carbocycles. The van der Waals surface area contributed by atoms with E-state index in [2.05, 4.69) is 24.1 Å². The summed E-state index contributed by atoms with van der Waals surface area (Å²) >= 11 is 0. The number of nitrogens with zero attached hydrogens (tertiary/aromatic N) is 2. The summed E-state index contributed by atoms with van der Waals surface area (Å²) in [7, 11) is 0. The van der Waals surface area contributed by atoms with Crippen LogP contribution in [0, 0.1) is 5.92 Å². The number of nitrogens with one attached hydrogen (secondary N) is 1. The molecule has 22 heavy (non-hydrogen) atoms. The van der Waals surface area contributed by atoms with E-state index in [0.717, 1.165) is 38.9 Å². The van der Waals surface area contributed by atoms with Crippen LogP contribution in [0.25, 0.3) is 0 Å². The minimum atomic E-state index is -0.137. The molecule has 1 N–H and O–H groups in total. The van der Waals surface area contributed by atoms with Crippen LogP contribution in [0.15, 0.2) is 0 Å². The molecule has 0 unspecified atom stereocenters. The van der Waals surface area contributed by atoms with Crippen LogP contribution in [0.5, 0.6) is 0 Å². The predicted octanol–water partition coefficient (Wildman–Crippen LogP) is 1.63. The lowest BCUT2D eigenvalue weighted by atomic mass is 10.1. The van der Waals surface area contributed by atoms with Crippen molar-refractivity contribution in [1.29, 1.82) is 0 Å². The summed E-state index contributed by atoms with van der Waals surface area (Å²) in [6, 6.07) is 0.396. The van der Waals surface area contributed by atoms with E-state index in [0.29, 0.717) is 25.6 Å². The molecule has 0 radical (unpaired) electrons. The minimum Gasteiger partial charge on any atom is -0.356 e. The smallest absolute Gasteiger partial charge is 0.225 e. The van der Waals surface area contributed by atoms with E-state index >= 15 is 0 Å². The number of rotatable bonds is 8. The third-order valence-electron chi connectivity index (χ3n) is 5.14. The Morgan fingerprint density at radius 1 is 1.27 bits per heavy atom. The fourth-order valence-corrected chi connectivity index (χ4v) is 3.67. The van der Waals surface area contributed by atoms with E-state index in [1.54, 1.807) is 0 Å². The van der Waals surface area contributed by atoms with E-state index < -0.39 is 0 Å². The highest BCUT2D eigenvalue weighted by Gasteiger charge is 2.38. The Bertz CT molecular complexity index is 376. The number of likely N-dealkylation sites (tertiary alicyclic amines) is 1. The molecule has 2 amide bonds. The molecule has 1 atom stereocenters. The van der Waals surface area contributed by atoms with Gasteiger partial charge in [-0.3, -0.25) is 9.59 Å². The summed E-state index contributed by atoms with van der Waals surface area (Å²) in [4.78, 5) is 28.7. The number of hydrogen-bond donors (Lipinski definition) is 1. The third kappa shape index (κ3) is 4.45. The van der Waals surface area contributed by atoms with Crippen molar-refractivity contribution in [2.45, 2.75) is 58.4 Å². The van der Waals surface area contributed by atoms with Crippen molar-refractivity contribution in [2.24, 2.45) is 5.92 Å². The first-order chi connectivity index (χ1) is 10.7. The largest absolute Gasteiger partial charge is 0.356 e. The highest BCUT2D eigenvalue weighted by Crippen LogP contribution is 2.29. The molecule has 1 heterocycles. The zero-order valence-corrected chi connectivity index (χ0v) is 14.1. The maximum atomic E-state index is 12.2. The summed E-state index contributed by atoms with van der Waals surface area (Å²) in [5.41, 5.74) is 0. The fourth-order valence-electron chi connectivity index (χ4n) is 3.67. The molecule has 0 aromatic carbocycles. The molecule has 2 fully saturated rings. The van der Waals surface area contributed by atoms with E-state index in [4.69, 9.17) is 0 Å². The van der Waals surface area contributed by atoms with Gasteiger partial charge in [0.15, 0.2) is 0 Å². The molecule has 0 aromatic rings. The van der Waals surface area contributed by atoms with Crippen molar-refractivity contribution in [3.05, 3.63) is 0 Å². The molecule has 5 nitrogen and oxygen atoms in total. The fraction of sp³-hybridized carbons (Fsp3) is 0.882. The van der Waals surface area contributed by atoms with Crippen LogP contribution in [-0.4, -0.2) is 60.4 Å². The van der Waals surface area contributed by atoms with Crippen LogP contribution in [0.4, 0.5) is 0 Å². The number of carbonyl (C=O) groups excluding carboxylic acids is 2. The molecule has 1 saturated heterocycles. The molecule has 1 aliphatic carbocycles. The quantitative estimate of drug-likeness (QED) is 0.693. The van der Waals surface area contributed by atoms with Crippen LogP contribution in [0.3, 0.4) is 0 Å². The van der Waals surface area contributed by atoms with E-state index in [1.165, 1.54) is 12.8 Å². The molecular formula is C17H31N3O2. The van der Waals surface area contributed by atoms with E-state index in [-0.39, 0.29) is 17.7 Å². The molecule has 0 spiro atoms. The highest BCUT2D eigenvalue weighted by molar-refractivity contribution is 5.89. The van der Waals surface area contributed by atoms with Crippen molar-refractivity contribution < 1.29 is 9.59 Å². The summed E-state index contributed by atoms with van der Waals surface area (Å²) < 4.78 is 0. The van der Waals surface area contributed by atoms with Gasteiger partial charge in [-0.1, -0.05) is 26.7 Å². The Labute approximate surface area is 134 Å². The zero-order chi connectivity index (χ0) is 15.9. The van der Waals surface area contributed by atoms with Gasteiger partial charge in [0, 0.05) is 25.6 Å². The summed E-state index contributed by atoms with van der Waals surface area (Å²) in [6.07, 6.45) is 6.04. The molecular weight excluding hydrogens is 278 g/mol. The number of amides is 2. The van der Waals surface area contributed by atoms with Crippen molar-refractivity contribution in [3.63, 3.8) is 0 Å². The lowest BCUT2D eigenvalue weighted by Crippen LogP contribution is -2.37. The standard InChI is InChI=1S/C17H31N3O2/c1-3-19(4-2)11-7-10-18-17(22)14-12-16(21)20(13-14)15-8-5-6-9-15/h14-15H,3-13H2,1-2H3,(H,18,22)/t14-/m0/s1. The van der Waals surface area contributed by atoms with Gasteiger partial charge < -0.3 is 15.1 Å². The average Bonchev–Trinajstić information content (AvgIpc) is 3.16. The molecule has 126 valence electrons. The number of carbonyl (C=O) groups is 2. The predicted molar refractivity (Wildman–Crippen MR) is 87.5 cm³/mol. The Morgan fingerprint density at radius 3 is 2.59 bits per heavy atom. The van der Waals surface area contributed by atoms with Gasteiger partial charge in [-0.05, 0) is 38.9 Å². The second-order valence-corrected chi connectivity index (χ2v) is 6.56. The SMILES string of the molecule is CCN(CC)CCCNC(=O)[C@H]1CC(=O)N(C2CCCC2)C1. The lowest BCUT2D eigenvalue weighted by Gasteiger charge is -2.24. The molecule has 1 aliphatic heterocycles. The molecule has 0 aromatic heterocycles. The van der Waals surface area contributed by atoms with Crippen LogP contribution in [0.1, 0.15) is 52.4 Å². The normalized spacial score (nSPS) is 22.8. The molecule has 5 heteroatoms. The van der Waals surface area contributed by atoms with Crippen LogP contribution < -0.4 is 5.32 Å². The van der Waals surface area contributed by atoms with Gasteiger partial charge >= 0.3 is 0 Å². The summed E-state index contributed by atoms with van der Waals surface area (Å²) in [6.45, 7) is 8.78. The first-order valence-corrected chi connectivity index (χ1v) is 8.95. The Hall–Kier alpha value is -1.10. The molecule has 2 aliphatic rings. The zero-order valence-electron chi connectivity index (χ0n) is 14.1. The monoisotopic (exact) mass is 309 g/mol. The Balaban J connectivity index is 1.68. The lowest BCUT2D eigenvalue weighted by molar-refractivity contribution is -0.130. The van der Waals surface area contributed by atoms with E-state index in [9.17, 15) is 9.59 Å². The first-order valence-electron chi connectivity index (χ1n) is 8.95.